The first kappa shape index (κ1) is 19.4. The molecule has 1 aromatic carbocycles. The standard InChI is InChI=1S/C21H27N6O2/c1-2-3-11-29-20-24-18(22)17-19(25-20)27(21(28)23-17)14-16-8-6-7-15(12-16)13-26-9-4-5-10-26/h6-8,12H,2-5,9-11,13-14H2,1H3,(H2,22,24,25). The third kappa shape index (κ3) is 4.42. The molecule has 0 atom stereocenters. The lowest BCUT2D eigenvalue weighted by Crippen LogP contribution is -2.18. The molecule has 3 aromatic rings. The highest BCUT2D eigenvalue weighted by Crippen LogP contribution is 2.26. The van der Waals surface area contributed by atoms with Crippen molar-refractivity contribution in [3.05, 3.63) is 35.4 Å². The minimum atomic E-state index is -0.378. The van der Waals surface area contributed by atoms with Gasteiger partial charge in [0.1, 0.15) is 0 Å². The quantitative estimate of drug-likeness (QED) is 0.587. The summed E-state index contributed by atoms with van der Waals surface area (Å²) in [5.74, 6) is 0.167. The molecule has 0 spiro atoms. The molecule has 2 N–H and O–H groups in total. The number of hydrogen-bond donors (Lipinski definition) is 1. The van der Waals surface area contributed by atoms with E-state index < -0.39 is 0 Å². The topological polar surface area (TPSA) is 102 Å². The largest absolute Gasteiger partial charge is 0.463 e. The summed E-state index contributed by atoms with van der Waals surface area (Å²) >= 11 is 0. The van der Waals surface area contributed by atoms with Crippen LogP contribution in [-0.4, -0.2) is 44.1 Å². The first-order valence-corrected chi connectivity index (χ1v) is 10.3. The number of hydrogen-bond acceptors (Lipinski definition) is 6. The maximum atomic E-state index is 12.5. The molecule has 0 unspecified atom stereocenters. The van der Waals surface area contributed by atoms with E-state index in [-0.39, 0.29) is 17.8 Å². The molecule has 3 heterocycles. The van der Waals surface area contributed by atoms with E-state index in [2.05, 4.69) is 38.9 Å². The van der Waals surface area contributed by atoms with Gasteiger partial charge in [0.25, 0.3) is 0 Å². The number of nitrogens with zero attached hydrogens (tertiary/aromatic N) is 5. The van der Waals surface area contributed by atoms with Gasteiger partial charge < -0.3 is 10.5 Å². The Kier molecular flexibility index (Phi) is 5.80. The van der Waals surface area contributed by atoms with Crippen LogP contribution in [0.2, 0.25) is 0 Å². The number of ether oxygens (including phenoxy) is 1. The van der Waals surface area contributed by atoms with Crippen molar-refractivity contribution in [2.75, 3.05) is 25.4 Å². The Morgan fingerprint density at radius 3 is 2.62 bits per heavy atom. The highest BCUT2D eigenvalue weighted by molar-refractivity contribution is 5.83. The van der Waals surface area contributed by atoms with Crippen molar-refractivity contribution in [3.63, 3.8) is 0 Å². The predicted octanol–water partition coefficient (Wildman–Crippen LogP) is 3.38. The maximum Gasteiger partial charge on any atom is 0.350 e. The molecule has 1 radical (unpaired) electrons. The zero-order chi connectivity index (χ0) is 20.2. The number of likely N-dealkylation sites (tertiary alicyclic amines) is 1. The summed E-state index contributed by atoms with van der Waals surface area (Å²) in [4.78, 5) is 15.0. The number of unbranched alkanes of at least 4 members (excludes halogenated alkanes) is 1. The van der Waals surface area contributed by atoms with Crippen molar-refractivity contribution in [1.82, 2.24) is 24.4 Å². The van der Waals surface area contributed by atoms with Gasteiger partial charge in [-0.15, -0.1) is 0 Å². The van der Waals surface area contributed by atoms with E-state index in [4.69, 9.17) is 10.5 Å². The van der Waals surface area contributed by atoms with Crippen molar-refractivity contribution >= 4 is 17.0 Å². The molecule has 4 rings (SSSR count). The van der Waals surface area contributed by atoms with E-state index in [0.717, 1.165) is 38.0 Å². The zero-order valence-electron chi connectivity index (χ0n) is 16.8. The number of nitrogens with two attached hydrogens (primary N) is 1. The highest BCUT2D eigenvalue weighted by Gasteiger charge is 2.19. The lowest BCUT2D eigenvalue weighted by Gasteiger charge is -2.15. The van der Waals surface area contributed by atoms with Crippen molar-refractivity contribution < 1.29 is 9.84 Å². The van der Waals surface area contributed by atoms with Gasteiger partial charge in [0.2, 0.25) is 0 Å². The zero-order valence-corrected chi connectivity index (χ0v) is 16.8. The Balaban J connectivity index is 1.59. The summed E-state index contributed by atoms with van der Waals surface area (Å²) in [7, 11) is 0. The molecule has 0 amide bonds. The SMILES string of the molecule is CCCCOc1nc(N)c2nc([O])n(Cc3cccc(CN4CCCC4)c3)c2n1. The molecule has 2 aromatic heterocycles. The molecule has 0 saturated carbocycles. The van der Waals surface area contributed by atoms with E-state index >= 15 is 0 Å². The monoisotopic (exact) mass is 395 g/mol. The summed E-state index contributed by atoms with van der Waals surface area (Å²) in [5.41, 5.74) is 9.02. The average Bonchev–Trinajstić information content (AvgIpc) is 3.32. The summed E-state index contributed by atoms with van der Waals surface area (Å²) in [5, 5.41) is 12.5. The fraction of sp³-hybridized carbons (Fsp3) is 0.476. The summed E-state index contributed by atoms with van der Waals surface area (Å²) in [6.07, 6.45) is 4.44. The Morgan fingerprint density at radius 2 is 1.86 bits per heavy atom. The molecule has 153 valence electrons. The van der Waals surface area contributed by atoms with Gasteiger partial charge in [-0.2, -0.15) is 15.0 Å². The van der Waals surface area contributed by atoms with E-state index in [1.54, 1.807) is 0 Å². The van der Waals surface area contributed by atoms with Crippen LogP contribution in [0.4, 0.5) is 5.82 Å². The lowest BCUT2D eigenvalue weighted by molar-refractivity contribution is 0.286. The third-order valence-corrected chi connectivity index (χ3v) is 5.23. The molecule has 29 heavy (non-hydrogen) atoms. The maximum absolute atomic E-state index is 12.5. The summed E-state index contributed by atoms with van der Waals surface area (Å²) < 4.78 is 7.13. The fourth-order valence-corrected chi connectivity index (χ4v) is 3.70. The number of anilines is 1. The number of benzene rings is 1. The van der Waals surface area contributed by atoms with Crippen LogP contribution in [0.15, 0.2) is 24.3 Å². The number of imidazole rings is 1. The Hall–Kier alpha value is -2.87. The van der Waals surface area contributed by atoms with Crippen molar-refractivity contribution in [1.29, 1.82) is 0 Å². The smallest absolute Gasteiger partial charge is 0.350 e. The number of nitrogen functional groups attached to an aromatic ring is 1. The van der Waals surface area contributed by atoms with Gasteiger partial charge >= 0.3 is 12.0 Å². The molecule has 1 aliphatic rings. The van der Waals surface area contributed by atoms with Crippen LogP contribution >= 0.6 is 0 Å². The number of aromatic nitrogens is 4. The van der Waals surface area contributed by atoms with Crippen LogP contribution in [0.1, 0.15) is 43.7 Å². The van der Waals surface area contributed by atoms with Gasteiger partial charge in [-0.3, -0.25) is 9.47 Å². The number of fused-ring (bicyclic) bond motifs is 1. The molecule has 0 aliphatic carbocycles. The highest BCUT2D eigenvalue weighted by atomic mass is 16.5. The van der Waals surface area contributed by atoms with E-state index in [0.29, 0.717) is 24.3 Å². The predicted molar refractivity (Wildman–Crippen MR) is 110 cm³/mol. The van der Waals surface area contributed by atoms with Crippen molar-refractivity contribution in [3.8, 4) is 12.0 Å². The number of rotatable bonds is 8. The van der Waals surface area contributed by atoms with Crippen LogP contribution in [0.3, 0.4) is 0 Å². The molecule has 1 fully saturated rings. The molecule has 0 bridgehead atoms. The molecule has 8 nitrogen and oxygen atoms in total. The van der Waals surface area contributed by atoms with Crippen LogP contribution < -0.4 is 10.5 Å². The summed E-state index contributed by atoms with van der Waals surface area (Å²) in [6.45, 7) is 6.22. The van der Waals surface area contributed by atoms with E-state index in [1.807, 2.05) is 12.1 Å². The van der Waals surface area contributed by atoms with Crippen LogP contribution in [-0.2, 0) is 18.2 Å². The van der Waals surface area contributed by atoms with E-state index in [9.17, 15) is 5.11 Å². The molecule has 8 heteroatoms. The van der Waals surface area contributed by atoms with Gasteiger partial charge in [0, 0.05) is 6.54 Å². The van der Waals surface area contributed by atoms with Crippen LogP contribution in [0.25, 0.3) is 11.2 Å². The molecular formula is C21H27N6O2. The Bertz CT molecular complexity index is 981. The van der Waals surface area contributed by atoms with Crippen molar-refractivity contribution in [2.45, 2.75) is 45.7 Å². The van der Waals surface area contributed by atoms with E-state index in [1.165, 1.54) is 23.0 Å². The molecular weight excluding hydrogens is 368 g/mol. The first-order valence-electron chi connectivity index (χ1n) is 10.3. The van der Waals surface area contributed by atoms with Gasteiger partial charge in [0.15, 0.2) is 17.0 Å². The Labute approximate surface area is 170 Å². The second-order valence-electron chi connectivity index (χ2n) is 7.55. The Morgan fingerprint density at radius 1 is 1.10 bits per heavy atom. The lowest BCUT2D eigenvalue weighted by atomic mass is 10.1. The van der Waals surface area contributed by atoms with Crippen molar-refractivity contribution in [2.24, 2.45) is 0 Å². The van der Waals surface area contributed by atoms with Gasteiger partial charge in [-0.05, 0) is 43.5 Å². The van der Waals surface area contributed by atoms with Gasteiger partial charge in [-0.1, -0.05) is 37.6 Å². The first-order chi connectivity index (χ1) is 14.1. The third-order valence-electron chi connectivity index (χ3n) is 5.23. The van der Waals surface area contributed by atoms with Gasteiger partial charge in [0.05, 0.1) is 13.2 Å². The average molecular weight is 395 g/mol. The minimum Gasteiger partial charge on any atom is -0.463 e. The molecule has 1 saturated heterocycles. The second-order valence-corrected chi connectivity index (χ2v) is 7.55. The molecule has 1 aliphatic heterocycles. The minimum absolute atomic E-state index is 0.167. The summed E-state index contributed by atoms with van der Waals surface area (Å²) in [6, 6.07) is 8.14. The normalized spacial score (nSPS) is 14.7. The van der Waals surface area contributed by atoms with Crippen LogP contribution in [0.5, 0.6) is 12.0 Å². The second kappa shape index (κ2) is 8.65. The fourth-order valence-electron chi connectivity index (χ4n) is 3.70. The van der Waals surface area contributed by atoms with Gasteiger partial charge in [-0.25, -0.2) is 5.11 Å². The van der Waals surface area contributed by atoms with Crippen LogP contribution in [0, 0.1) is 0 Å².